The first-order chi connectivity index (χ1) is 8.69. The lowest BCUT2D eigenvalue weighted by atomic mass is 10.2. The van der Waals surface area contributed by atoms with Gasteiger partial charge in [0.05, 0.1) is 0 Å². The quantitative estimate of drug-likeness (QED) is 0.231. The van der Waals surface area contributed by atoms with Crippen molar-refractivity contribution in [3.8, 4) is 0 Å². The Bertz CT molecular complexity index is 420. The van der Waals surface area contributed by atoms with Crippen LogP contribution < -0.4 is 11.1 Å². The van der Waals surface area contributed by atoms with Crippen LogP contribution in [-0.4, -0.2) is 40.5 Å². The number of rotatable bonds is 6. The van der Waals surface area contributed by atoms with E-state index >= 15 is 0 Å². The third-order valence-corrected chi connectivity index (χ3v) is 2.91. The second-order valence-corrected chi connectivity index (χ2v) is 4.51. The van der Waals surface area contributed by atoms with Gasteiger partial charge >= 0.3 is 0 Å². The lowest BCUT2D eigenvalue weighted by Gasteiger charge is -2.04. The number of oxime groups is 1. The normalized spacial score (nSPS) is 11.3. The van der Waals surface area contributed by atoms with Crippen molar-refractivity contribution in [2.45, 2.75) is 6.42 Å². The second kappa shape index (κ2) is 7.54. The van der Waals surface area contributed by atoms with Crippen LogP contribution in [0.3, 0.4) is 0 Å². The molecule has 1 amide bonds. The molecule has 0 atom stereocenters. The highest BCUT2D eigenvalue weighted by atomic mass is 32.2. The van der Waals surface area contributed by atoms with E-state index in [0.717, 1.165) is 12.2 Å². The Labute approximate surface area is 110 Å². The van der Waals surface area contributed by atoms with E-state index < -0.39 is 0 Å². The number of carbonyl (C=O) groups excluding carboxylic acids is 1. The van der Waals surface area contributed by atoms with Crippen molar-refractivity contribution in [3.63, 3.8) is 0 Å². The fraction of sp³-hybridized carbons (Fsp3) is 0.364. The fourth-order valence-corrected chi connectivity index (χ4v) is 1.68. The van der Waals surface area contributed by atoms with E-state index in [-0.39, 0.29) is 11.7 Å². The van der Waals surface area contributed by atoms with Gasteiger partial charge in [0.2, 0.25) is 0 Å². The van der Waals surface area contributed by atoms with Crippen molar-refractivity contribution in [1.82, 2.24) is 10.3 Å². The van der Waals surface area contributed by atoms with Gasteiger partial charge in [-0.3, -0.25) is 9.78 Å². The van der Waals surface area contributed by atoms with Crippen molar-refractivity contribution < 1.29 is 10.0 Å². The van der Waals surface area contributed by atoms with Crippen molar-refractivity contribution in [2.24, 2.45) is 10.9 Å². The summed E-state index contributed by atoms with van der Waals surface area (Å²) in [5, 5.41) is 14.1. The summed E-state index contributed by atoms with van der Waals surface area (Å²) in [5.74, 6) is 0.757. The molecule has 0 aliphatic carbocycles. The number of nitrogens with zero attached hydrogens (tertiary/aromatic N) is 2. The van der Waals surface area contributed by atoms with Gasteiger partial charge in [0, 0.05) is 18.3 Å². The smallest absolute Gasteiger partial charge is 0.269 e. The van der Waals surface area contributed by atoms with Gasteiger partial charge in [-0.25, -0.2) is 0 Å². The monoisotopic (exact) mass is 268 g/mol. The molecule has 1 rings (SSSR count). The van der Waals surface area contributed by atoms with E-state index in [0.29, 0.717) is 17.8 Å². The Kier molecular flexibility index (Phi) is 5.99. The first kappa shape index (κ1) is 14.3. The lowest BCUT2D eigenvalue weighted by molar-refractivity contribution is 0.0949. The largest absolute Gasteiger partial charge is 0.409 e. The van der Waals surface area contributed by atoms with Crippen molar-refractivity contribution in [2.75, 3.05) is 18.6 Å². The van der Waals surface area contributed by atoms with E-state index in [9.17, 15) is 4.79 Å². The van der Waals surface area contributed by atoms with E-state index in [1.807, 2.05) is 6.26 Å². The third kappa shape index (κ3) is 4.25. The van der Waals surface area contributed by atoms with Gasteiger partial charge in [-0.05, 0) is 30.6 Å². The average molecular weight is 268 g/mol. The standard InChI is InChI=1S/C11H16N4O2S/c1-18-6-2-5-13-11(16)9-4-3-8(7-14-9)10(12)15-17/h3-4,7,17H,2,5-6H2,1H3,(H2,12,15)(H,13,16). The van der Waals surface area contributed by atoms with Gasteiger partial charge in [0.15, 0.2) is 5.84 Å². The molecule has 0 aliphatic rings. The Morgan fingerprint density at radius 1 is 1.61 bits per heavy atom. The predicted molar refractivity (Wildman–Crippen MR) is 72.1 cm³/mol. The van der Waals surface area contributed by atoms with E-state index in [2.05, 4.69) is 15.5 Å². The minimum atomic E-state index is -0.220. The van der Waals surface area contributed by atoms with Crippen LogP contribution in [0, 0.1) is 0 Å². The molecule has 0 radical (unpaired) electrons. The number of nitrogens with one attached hydrogen (secondary N) is 1. The van der Waals surface area contributed by atoms with Gasteiger partial charge in [0.25, 0.3) is 5.91 Å². The Morgan fingerprint density at radius 3 is 2.94 bits per heavy atom. The Hall–Kier alpha value is -1.76. The number of amides is 1. The van der Waals surface area contributed by atoms with Gasteiger partial charge < -0.3 is 16.3 Å². The van der Waals surface area contributed by atoms with Crippen LogP contribution in [-0.2, 0) is 0 Å². The molecule has 0 bridgehead atoms. The first-order valence-corrected chi connectivity index (χ1v) is 6.79. The third-order valence-electron chi connectivity index (χ3n) is 2.21. The van der Waals surface area contributed by atoms with Crippen LogP contribution in [0.1, 0.15) is 22.5 Å². The van der Waals surface area contributed by atoms with Crippen LogP contribution in [0.2, 0.25) is 0 Å². The summed E-state index contributed by atoms with van der Waals surface area (Å²) >= 11 is 1.74. The van der Waals surface area contributed by atoms with Crippen LogP contribution >= 0.6 is 11.8 Å². The molecule has 1 aromatic heterocycles. The maximum atomic E-state index is 11.7. The zero-order valence-electron chi connectivity index (χ0n) is 10.1. The highest BCUT2D eigenvalue weighted by molar-refractivity contribution is 7.98. The number of pyridine rings is 1. The van der Waals surface area contributed by atoms with E-state index in [1.54, 1.807) is 17.8 Å². The summed E-state index contributed by atoms with van der Waals surface area (Å²) in [5.41, 5.74) is 6.17. The molecule has 1 aromatic rings. The molecule has 0 spiro atoms. The molecule has 0 saturated carbocycles. The zero-order valence-corrected chi connectivity index (χ0v) is 10.9. The minimum Gasteiger partial charge on any atom is -0.409 e. The number of nitrogens with two attached hydrogens (primary N) is 1. The molecule has 7 heteroatoms. The number of hydrogen-bond acceptors (Lipinski definition) is 5. The summed E-state index contributed by atoms with van der Waals surface area (Å²) in [6, 6.07) is 3.12. The van der Waals surface area contributed by atoms with E-state index in [4.69, 9.17) is 10.9 Å². The fourth-order valence-electron chi connectivity index (χ4n) is 1.25. The van der Waals surface area contributed by atoms with Crippen LogP contribution in [0.4, 0.5) is 0 Å². The first-order valence-electron chi connectivity index (χ1n) is 5.40. The molecule has 0 saturated heterocycles. The Morgan fingerprint density at radius 2 is 2.39 bits per heavy atom. The van der Waals surface area contributed by atoms with Gasteiger partial charge in [-0.2, -0.15) is 11.8 Å². The second-order valence-electron chi connectivity index (χ2n) is 3.52. The number of hydrogen-bond donors (Lipinski definition) is 3. The highest BCUT2D eigenvalue weighted by Gasteiger charge is 2.07. The number of aromatic nitrogens is 1. The zero-order chi connectivity index (χ0) is 13.4. The maximum absolute atomic E-state index is 11.7. The van der Waals surface area contributed by atoms with Gasteiger partial charge in [-0.15, -0.1) is 0 Å². The van der Waals surface area contributed by atoms with Crippen LogP contribution in [0.15, 0.2) is 23.5 Å². The predicted octanol–water partition coefficient (Wildman–Crippen LogP) is 0.659. The SMILES string of the molecule is CSCCCNC(=O)c1ccc(C(N)=NO)cn1. The molecule has 0 aliphatic heterocycles. The highest BCUT2D eigenvalue weighted by Crippen LogP contribution is 2.00. The average Bonchev–Trinajstić information content (AvgIpc) is 2.42. The minimum absolute atomic E-state index is 0.0329. The summed E-state index contributed by atoms with van der Waals surface area (Å²) < 4.78 is 0. The van der Waals surface area contributed by atoms with Crippen LogP contribution in [0.25, 0.3) is 0 Å². The molecular formula is C11H16N4O2S. The summed E-state index contributed by atoms with van der Waals surface area (Å²) in [7, 11) is 0. The molecular weight excluding hydrogens is 252 g/mol. The summed E-state index contributed by atoms with van der Waals surface area (Å²) in [6.45, 7) is 0.628. The summed E-state index contributed by atoms with van der Waals surface area (Å²) in [6.07, 6.45) is 4.34. The van der Waals surface area contributed by atoms with Gasteiger partial charge in [-0.1, -0.05) is 5.16 Å². The molecule has 0 unspecified atom stereocenters. The number of thioether (sulfide) groups is 1. The van der Waals surface area contributed by atoms with Crippen LogP contribution in [0.5, 0.6) is 0 Å². The molecule has 0 aromatic carbocycles. The number of amidine groups is 1. The topological polar surface area (TPSA) is 101 Å². The van der Waals surface area contributed by atoms with Crippen molar-refractivity contribution in [3.05, 3.63) is 29.6 Å². The molecule has 1 heterocycles. The molecule has 0 fully saturated rings. The maximum Gasteiger partial charge on any atom is 0.269 e. The molecule has 98 valence electrons. The lowest BCUT2D eigenvalue weighted by Crippen LogP contribution is -2.26. The van der Waals surface area contributed by atoms with Crippen molar-refractivity contribution in [1.29, 1.82) is 0 Å². The number of carbonyl (C=O) groups is 1. The van der Waals surface area contributed by atoms with E-state index in [1.165, 1.54) is 12.3 Å². The molecule has 4 N–H and O–H groups in total. The molecule has 18 heavy (non-hydrogen) atoms. The van der Waals surface area contributed by atoms with Gasteiger partial charge in [0.1, 0.15) is 5.69 Å². The summed E-state index contributed by atoms with van der Waals surface area (Å²) in [4.78, 5) is 15.6. The Balaban J connectivity index is 2.54. The van der Waals surface area contributed by atoms with Crippen molar-refractivity contribution >= 4 is 23.5 Å². The molecule has 6 nitrogen and oxygen atoms in total.